The predicted molar refractivity (Wildman–Crippen MR) is 119 cm³/mol. The fourth-order valence-corrected chi connectivity index (χ4v) is 4.32. The Balaban J connectivity index is 1.69. The van der Waals surface area contributed by atoms with E-state index in [9.17, 15) is 4.79 Å². The minimum atomic E-state index is -0.128. The topological polar surface area (TPSA) is 77.7 Å². The average molecular weight is 424 g/mol. The molecule has 1 aliphatic rings. The fourth-order valence-electron chi connectivity index (χ4n) is 4.32. The van der Waals surface area contributed by atoms with E-state index in [-0.39, 0.29) is 17.9 Å². The summed E-state index contributed by atoms with van der Waals surface area (Å²) in [5.41, 5.74) is 3.65. The molecule has 1 aliphatic heterocycles. The molecular formula is C24H29N3O4. The maximum Gasteiger partial charge on any atom is 0.308 e. The lowest BCUT2D eigenvalue weighted by Crippen LogP contribution is -2.44. The monoisotopic (exact) mass is 423 g/mol. The van der Waals surface area contributed by atoms with Crippen molar-refractivity contribution in [1.29, 1.82) is 0 Å². The number of nitrogens with zero attached hydrogens (tertiary/aromatic N) is 3. The number of aromatic nitrogens is 2. The highest BCUT2D eigenvalue weighted by Gasteiger charge is 2.32. The van der Waals surface area contributed by atoms with Crippen LogP contribution in [-0.4, -0.2) is 49.4 Å². The van der Waals surface area contributed by atoms with Crippen molar-refractivity contribution >= 4 is 22.8 Å². The number of fused-ring (bicyclic) bond motifs is 1. The summed E-state index contributed by atoms with van der Waals surface area (Å²) in [6.45, 7) is 3.56. The van der Waals surface area contributed by atoms with Gasteiger partial charge in [-0.2, -0.15) is 0 Å². The maximum absolute atomic E-state index is 12.1. The van der Waals surface area contributed by atoms with Crippen LogP contribution in [0.1, 0.15) is 31.9 Å². The third-order valence-electron chi connectivity index (χ3n) is 5.99. The molecule has 1 aromatic carbocycles. The number of rotatable bonds is 7. The normalized spacial score (nSPS) is 19.0. The van der Waals surface area contributed by atoms with E-state index in [1.54, 1.807) is 13.4 Å². The quantitative estimate of drug-likeness (QED) is 0.415. The summed E-state index contributed by atoms with van der Waals surface area (Å²) >= 11 is 0. The van der Waals surface area contributed by atoms with Crippen LogP contribution in [0.25, 0.3) is 22.2 Å². The van der Waals surface area contributed by atoms with E-state index in [2.05, 4.69) is 17.9 Å². The minimum absolute atomic E-state index is 0.0696. The summed E-state index contributed by atoms with van der Waals surface area (Å²) in [4.78, 5) is 24.2. The number of benzene rings is 1. The van der Waals surface area contributed by atoms with Crippen LogP contribution in [0.3, 0.4) is 0 Å². The van der Waals surface area contributed by atoms with Gasteiger partial charge in [-0.1, -0.05) is 0 Å². The van der Waals surface area contributed by atoms with Crippen molar-refractivity contribution in [3.63, 3.8) is 0 Å². The van der Waals surface area contributed by atoms with Crippen LogP contribution in [0.15, 0.2) is 41.1 Å². The van der Waals surface area contributed by atoms with Gasteiger partial charge in [-0.05, 0) is 56.9 Å². The number of methoxy groups -OCH3 is 2. The van der Waals surface area contributed by atoms with Gasteiger partial charge in [-0.25, -0.2) is 4.98 Å². The Kier molecular flexibility index (Phi) is 6.51. The molecule has 1 saturated heterocycles. The predicted octanol–water partition coefficient (Wildman–Crippen LogP) is 4.25. The average Bonchev–Trinajstić information content (AvgIpc) is 3.26. The molecule has 0 N–H and O–H groups in total. The first-order chi connectivity index (χ1) is 15.1. The lowest BCUT2D eigenvalue weighted by atomic mass is 9.91. The van der Waals surface area contributed by atoms with E-state index in [0.29, 0.717) is 6.61 Å². The molecule has 1 fully saturated rings. The van der Waals surface area contributed by atoms with Gasteiger partial charge < -0.3 is 18.8 Å². The van der Waals surface area contributed by atoms with Crippen LogP contribution in [0, 0.1) is 5.92 Å². The number of anilines is 1. The van der Waals surface area contributed by atoms with E-state index >= 15 is 0 Å². The summed E-state index contributed by atoms with van der Waals surface area (Å²) in [6.07, 6.45) is 6.74. The molecule has 3 heterocycles. The highest BCUT2D eigenvalue weighted by atomic mass is 16.5. The summed E-state index contributed by atoms with van der Waals surface area (Å²) in [5.74, 6) is 0.671. The molecule has 7 nitrogen and oxygen atoms in total. The molecule has 7 heteroatoms. The molecule has 0 radical (unpaired) electrons. The summed E-state index contributed by atoms with van der Waals surface area (Å²) in [6, 6.07) is 8.18. The number of piperidine rings is 1. The Labute approximate surface area is 182 Å². The number of hydrogen-bond donors (Lipinski definition) is 0. The summed E-state index contributed by atoms with van der Waals surface area (Å²) < 4.78 is 15.6. The SMILES string of the molecule is COCCCc1cnc(-c2ccc3occc3c2)c(N2CCC(C(=O)OC)CC2C)n1. The van der Waals surface area contributed by atoms with Gasteiger partial charge in [0.2, 0.25) is 0 Å². The first-order valence-corrected chi connectivity index (χ1v) is 10.8. The fraction of sp³-hybridized carbons (Fsp3) is 0.458. The van der Waals surface area contributed by atoms with Crippen molar-refractivity contribution in [1.82, 2.24) is 9.97 Å². The largest absolute Gasteiger partial charge is 0.469 e. The summed E-state index contributed by atoms with van der Waals surface area (Å²) in [7, 11) is 3.16. The zero-order chi connectivity index (χ0) is 21.8. The van der Waals surface area contributed by atoms with E-state index < -0.39 is 0 Å². The zero-order valence-electron chi connectivity index (χ0n) is 18.3. The second-order valence-electron chi connectivity index (χ2n) is 8.09. The van der Waals surface area contributed by atoms with Gasteiger partial charge in [0.25, 0.3) is 0 Å². The zero-order valence-corrected chi connectivity index (χ0v) is 18.3. The third kappa shape index (κ3) is 4.56. The molecule has 0 spiro atoms. The number of ether oxygens (including phenoxy) is 2. The molecule has 2 atom stereocenters. The second kappa shape index (κ2) is 9.47. The Morgan fingerprint density at radius 3 is 2.94 bits per heavy atom. The molecule has 4 rings (SSSR count). The number of aryl methyl sites for hydroxylation is 1. The van der Waals surface area contributed by atoms with Crippen molar-refractivity contribution in [2.45, 2.75) is 38.6 Å². The van der Waals surface area contributed by atoms with Crippen LogP contribution in [-0.2, 0) is 20.7 Å². The van der Waals surface area contributed by atoms with E-state index in [0.717, 1.165) is 66.0 Å². The van der Waals surface area contributed by atoms with Crippen LogP contribution in [0.2, 0.25) is 0 Å². The lowest BCUT2D eigenvalue weighted by Gasteiger charge is -2.38. The second-order valence-corrected chi connectivity index (χ2v) is 8.09. The Morgan fingerprint density at radius 1 is 1.29 bits per heavy atom. The standard InChI is InChI=1S/C24H29N3O4/c1-16-13-19(24(28)30-3)8-10-27(16)23-22(25-15-20(26-23)5-4-11-29-2)18-6-7-21-17(14-18)9-12-31-21/h6-7,9,12,14-16,19H,4-5,8,10-11,13H2,1-3H3. The van der Waals surface area contributed by atoms with Gasteiger partial charge in [0.1, 0.15) is 11.3 Å². The first kappa shape index (κ1) is 21.3. The molecule has 0 bridgehead atoms. The molecule has 2 aromatic heterocycles. The third-order valence-corrected chi connectivity index (χ3v) is 5.99. The van der Waals surface area contributed by atoms with Crippen molar-refractivity contribution in [2.24, 2.45) is 5.92 Å². The smallest absolute Gasteiger partial charge is 0.308 e. The van der Waals surface area contributed by atoms with Crippen LogP contribution >= 0.6 is 0 Å². The summed E-state index contributed by atoms with van der Waals surface area (Å²) in [5, 5.41) is 1.03. The van der Waals surface area contributed by atoms with Gasteiger partial charge in [-0.15, -0.1) is 0 Å². The van der Waals surface area contributed by atoms with Crippen molar-refractivity contribution in [3.05, 3.63) is 42.4 Å². The minimum Gasteiger partial charge on any atom is -0.469 e. The highest BCUT2D eigenvalue weighted by molar-refractivity contribution is 5.85. The van der Waals surface area contributed by atoms with E-state index in [1.165, 1.54) is 7.11 Å². The highest BCUT2D eigenvalue weighted by Crippen LogP contribution is 2.35. The number of furan rings is 1. The van der Waals surface area contributed by atoms with Crippen molar-refractivity contribution < 1.29 is 18.7 Å². The van der Waals surface area contributed by atoms with Crippen LogP contribution in [0.4, 0.5) is 5.82 Å². The van der Waals surface area contributed by atoms with Crippen molar-refractivity contribution in [3.8, 4) is 11.3 Å². The van der Waals surface area contributed by atoms with Crippen molar-refractivity contribution in [2.75, 3.05) is 32.3 Å². The van der Waals surface area contributed by atoms with Crippen LogP contribution < -0.4 is 4.90 Å². The van der Waals surface area contributed by atoms with Gasteiger partial charge >= 0.3 is 5.97 Å². The Morgan fingerprint density at radius 2 is 2.16 bits per heavy atom. The number of hydrogen-bond acceptors (Lipinski definition) is 7. The Bertz CT molecular complexity index is 1050. The number of carbonyl (C=O) groups excluding carboxylic acids is 1. The van der Waals surface area contributed by atoms with E-state index in [4.69, 9.17) is 23.9 Å². The van der Waals surface area contributed by atoms with Gasteiger partial charge in [0, 0.05) is 43.4 Å². The van der Waals surface area contributed by atoms with Crippen LogP contribution in [0.5, 0.6) is 0 Å². The van der Waals surface area contributed by atoms with Gasteiger partial charge in [0.05, 0.1) is 25.0 Å². The molecule has 2 unspecified atom stereocenters. The molecule has 31 heavy (non-hydrogen) atoms. The number of esters is 1. The van der Waals surface area contributed by atoms with Gasteiger partial charge in [0.15, 0.2) is 5.82 Å². The maximum atomic E-state index is 12.1. The number of carbonyl (C=O) groups is 1. The molecule has 3 aromatic rings. The van der Waals surface area contributed by atoms with Gasteiger partial charge in [-0.3, -0.25) is 9.78 Å². The molecule has 0 saturated carbocycles. The molecular weight excluding hydrogens is 394 g/mol. The first-order valence-electron chi connectivity index (χ1n) is 10.8. The molecule has 0 amide bonds. The van der Waals surface area contributed by atoms with E-state index in [1.807, 2.05) is 24.4 Å². The Hall–Kier alpha value is -2.93. The molecule has 164 valence electrons. The molecule has 0 aliphatic carbocycles. The lowest BCUT2D eigenvalue weighted by molar-refractivity contribution is -0.146.